The molecule has 1 aromatic heterocycles. The van der Waals surface area contributed by atoms with Crippen molar-refractivity contribution in [3.8, 4) is 5.69 Å². The Morgan fingerprint density at radius 2 is 1.85 bits per heavy atom. The van der Waals surface area contributed by atoms with Crippen LogP contribution in [0.3, 0.4) is 0 Å². The predicted octanol–water partition coefficient (Wildman–Crippen LogP) is 3.34. The number of aromatic nitrogens is 2. The van der Waals surface area contributed by atoms with Crippen LogP contribution in [0.4, 0.5) is 0 Å². The highest BCUT2D eigenvalue weighted by Crippen LogP contribution is 2.12. The molecule has 0 amide bonds. The van der Waals surface area contributed by atoms with E-state index in [0.717, 1.165) is 11.4 Å². The van der Waals surface area contributed by atoms with E-state index >= 15 is 0 Å². The zero-order valence-corrected chi connectivity index (χ0v) is 12.8. The van der Waals surface area contributed by atoms with Gasteiger partial charge >= 0.3 is 0 Å². The lowest BCUT2D eigenvalue weighted by atomic mass is 10.1. The summed E-state index contributed by atoms with van der Waals surface area (Å²) in [6, 6.07) is 7.10. The fourth-order valence-corrected chi connectivity index (χ4v) is 1.87. The predicted molar refractivity (Wildman–Crippen MR) is 83.5 cm³/mol. The molecule has 0 atom stereocenters. The molecule has 2 aromatic rings. The van der Waals surface area contributed by atoms with Crippen LogP contribution in [0, 0.1) is 6.92 Å². The molecule has 0 bridgehead atoms. The van der Waals surface area contributed by atoms with Crippen LogP contribution in [0.15, 0.2) is 34.1 Å². The normalized spacial score (nSPS) is 12.2. The second kappa shape index (κ2) is 5.29. The molecule has 0 unspecified atom stereocenters. The molecule has 0 saturated heterocycles. The van der Waals surface area contributed by atoms with Crippen molar-refractivity contribution in [1.29, 1.82) is 0 Å². The SMILES string of the molecule is Cc1[nH]n(-c2ccc(Cl)cc2)c(=O)c1C=NC(C)(C)C. The molecule has 1 aromatic carbocycles. The lowest BCUT2D eigenvalue weighted by molar-refractivity contribution is 0.586. The smallest absolute Gasteiger partial charge is 0.280 e. The van der Waals surface area contributed by atoms with Gasteiger partial charge in [-0.2, -0.15) is 0 Å². The van der Waals surface area contributed by atoms with Gasteiger partial charge in [0, 0.05) is 16.9 Å². The number of aryl methyl sites for hydroxylation is 1. The largest absolute Gasteiger partial charge is 0.295 e. The van der Waals surface area contributed by atoms with E-state index in [1.807, 2.05) is 27.7 Å². The summed E-state index contributed by atoms with van der Waals surface area (Å²) in [4.78, 5) is 16.8. The van der Waals surface area contributed by atoms with Crippen LogP contribution in [0.25, 0.3) is 5.69 Å². The molecule has 20 heavy (non-hydrogen) atoms. The third-order valence-electron chi connectivity index (χ3n) is 2.78. The van der Waals surface area contributed by atoms with Crippen LogP contribution in [-0.2, 0) is 0 Å². The lowest BCUT2D eigenvalue weighted by Gasteiger charge is -2.10. The Kier molecular flexibility index (Phi) is 3.86. The van der Waals surface area contributed by atoms with Crippen LogP contribution in [-0.4, -0.2) is 21.5 Å². The van der Waals surface area contributed by atoms with E-state index < -0.39 is 0 Å². The fraction of sp³-hybridized carbons (Fsp3) is 0.333. The number of rotatable bonds is 2. The maximum atomic E-state index is 12.4. The van der Waals surface area contributed by atoms with E-state index in [4.69, 9.17) is 11.6 Å². The average molecular weight is 292 g/mol. The van der Waals surface area contributed by atoms with Gasteiger partial charge in [0.2, 0.25) is 0 Å². The van der Waals surface area contributed by atoms with Gasteiger partial charge in [0.15, 0.2) is 0 Å². The van der Waals surface area contributed by atoms with Crippen molar-refractivity contribution in [3.63, 3.8) is 0 Å². The highest BCUT2D eigenvalue weighted by molar-refractivity contribution is 6.30. The maximum absolute atomic E-state index is 12.4. The molecular weight excluding hydrogens is 274 g/mol. The van der Waals surface area contributed by atoms with Crippen molar-refractivity contribution in [2.45, 2.75) is 33.2 Å². The molecular formula is C15H18ClN3O. The number of aromatic amines is 1. The third kappa shape index (κ3) is 3.20. The Morgan fingerprint density at radius 3 is 2.40 bits per heavy atom. The molecule has 106 valence electrons. The summed E-state index contributed by atoms with van der Waals surface area (Å²) in [7, 11) is 0. The summed E-state index contributed by atoms with van der Waals surface area (Å²) >= 11 is 5.86. The summed E-state index contributed by atoms with van der Waals surface area (Å²) in [5, 5.41) is 3.69. The zero-order chi connectivity index (χ0) is 14.9. The van der Waals surface area contributed by atoms with E-state index in [-0.39, 0.29) is 11.1 Å². The summed E-state index contributed by atoms with van der Waals surface area (Å²) in [5.74, 6) is 0. The van der Waals surface area contributed by atoms with Crippen molar-refractivity contribution in [1.82, 2.24) is 9.78 Å². The minimum atomic E-state index is -0.207. The highest BCUT2D eigenvalue weighted by Gasteiger charge is 2.12. The molecule has 0 spiro atoms. The molecule has 4 nitrogen and oxygen atoms in total. The maximum Gasteiger partial charge on any atom is 0.280 e. The van der Waals surface area contributed by atoms with Crippen LogP contribution in [0.2, 0.25) is 5.02 Å². The molecule has 1 heterocycles. The first-order valence-corrected chi connectivity index (χ1v) is 6.78. The van der Waals surface area contributed by atoms with Crippen LogP contribution < -0.4 is 5.56 Å². The second-order valence-electron chi connectivity index (χ2n) is 5.70. The zero-order valence-electron chi connectivity index (χ0n) is 12.1. The second-order valence-corrected chi connectivity index (χ2v) is 6.13. The van der Waals surface area contributed by atoms with E-state index in [2.05, 4.69) is 10.1 Å². The van der Waals surface area contributed by atoms with E-state index in [1.54, 1.807) is 30.5 Å². The van der Waals surface area contributed by atoms with Crippen LogP contribution >= 0.6 is 11.6 Å². The number of hydrogen-bond donors (Lipinski definition) is 1. The Balaban J connectivity index is 2.47. The van der Waals surface area contributed by atoms with Gasteiger partial charge in [0.05, 0.1) is 16.8 Å². The van der Waals surface area contributed by atoms with Gasteiger partial charge in [-0.05, 0) is 52.0 Å². The van der Waals surface area contributed by atoms with Gasteiger partial charge < -0.3 is 0 Å². The number of H-pyrrole nitrogens is 1. The molecule has 0 aliphatic rings. The topological polar surface area (TPSA) is 50.1 Å². The molecule has 0 radical (unpaired) electrons. The fourth-order valence-electron chi connectivity index (χ4n) is 1.74. The Hall–Kier alpha value is -1.81. The minimum absolute atomic E-state index is 0.113. The summed E-state index contributed by atoms with van der Waals surface area (Å²) in [6.45, 7) is 7.83. The lowest BCUT2D eigenvalue weighted by Crippen LogP contribution is -2.18. The van der Waals surface area contributed by atoms with Crippen LogP contribution in [0.1, 0.15) is 32.0 Å². The molecule has 1 N–H and O–H groups in total. The monoisotopic (exact) mass is 291 g/mol. The van der Waals surface area contributed by atoms with Gasteiger partial charge in [0.25, 0.3) is 5.56 Å². The Morgan fingerprint density at radius 1 is 1.25 bits per heavy atom. The van der Waals surface area contributed by atoms with Gasteiger partial charge in [-0.25, -0.2) is 4.68 Å². The number of nitrogens with one attached hydrogen (secondary N) is 1. The van der Waals surface area contributed by atoms with Crippen molar-refractivity contribution < 1.29 is 0 Å². The molecule has 0 fully saturated rings. The third-order valence-corrected chi connectivity index (χ3v) is 3.03. The standard InChI is InChI=1S/C15H18ClN3O/c1-10-13(9-17-15(2,3)4)14(20)19(18-10)12-7-5-11(16)6-8-12/h5-9,18H,1-4H3. The summed E-state index contributed by atoms with van der Waals surface area (Å²) in [6.07, 6.45) is 1.64. The van der Waals surface area contributed by atoms with Crippen molar-refractivity contribution in [2.75, 3.05) is 0 Å². The Labute approximate surface area is 123 Å². The molecule has 0 aliphatic heterocycles. The number of benzene rings is 1. The van der Waals surface area contributed by atoms with Crippen molar-refractivity contribution in [2.24, 2.45) is 4.99 Å². The Bertz CT molecular complexity index is 687. The number of hydrogen-bond acceptors (Lipinski definition) is 2. The molecule has 0 aliphatic carbocycles. The van der Waals surface area contributed by atoms with Crippen molar-refractivity contribution in [3.05, 3.63) is 50.9 Å². The van der Waals surface area contributed by atoms with E-state index in [1.165, 1.54) is 4.68 Å². The number of aliphatic imine (C=N–C) groups is 1. The number of nitrogens with zero attached hydrogens (tertiary/aromatic N) is 2. The van der Waals surface area contributed by atoms with E-state index in [0.29, 0.717) is 10.6 Å². The molecule has 5 heteroatoms. The summed E-state index contributed by atoms with van der Waals surface area (Å²) < 4.78 is 1.50. The number of halogens is 1. The quantitative estimate of drug-likeness (QED) is 0.848. The first-order chi connectivity index (χ1) is 9.28. The molecule has 0 saturated carbocycles. The molecule has 2 rings (SSSR count). The first kappa shape index (κ1) is 14.6. The summed E-state index contributed by atoms with van der Waals surface area (Å²) in [5.41, 5.74) is 1.80. The minimum Gasteiger partial charge on any atom is -0.295 e. The van der Waals surface area contributed by atoms with Crippen molar-refractivity contribution >= 4 is 17.8 Å². The van der Waals surface area contributed by atoms with Crippen LogP contribution in [0.5, 0.6) is 0 Å². The van der Waals surface area contributed by atoms with E-state index in [9.17, 15) is 4.79 Å². The highest BCUT2D eigenvalue weighted by atomic mass is 35.5. The van der Waals surface area contributed by atoms with Gasteiger partial charge in [-0.3, -0.25) is 14.9 Å². The van der Waals surface area contributed by atoms with Gasteiger partial charge in [-0.15, -0.1) is 0 Å². The average Bonchev–Trinajstić information content (AvgIpc) is 2.63. The first-order valence-electron chi connectivity index (χ1n) is 6.41. The van der Waals surface area contributed by atoms with Gasteiger partial charge in [-0.1, -0.05) is 11.6 Å². The van der Waals surface area contributed by atoms with Gasteiger partial charge in [0.1, 0.15) is 0 Å².